The molecular formula is C18H35NO4. The minimum Gasteiger partial charge on any atom is -0.306 e. The lowest BCUT2D eigenvalue weighted by Gasteiger charge is -2.41. The number of nitrogens with one attached hydrogen (secondary N) is 1. The Morgan fingerprint density at radius 2 is 0.870 bits per heavy atom. The first kappa shape index (κ1) is 26.5. The van der Waals surface area contributed by atoms with Gasteiger partial charge in [-0.1, -0.05) is 0 Å². The van der Waals surface area contributed by atoms with Gasteiger partial charge in [0.1, 0.15) is 23.1 Å². The molecule has 0 aromatic rings. The molecule has 0 saturated carbocycles. The molecule has 0 bridgehead atoms. The largest absolute Gasteiger partial charge is 0.306 e. The molecule has 1 rings (SSSR count). The molecule has 1 aliphatic rings. The summed E-state index contributed by atoms with van der Waals surface area (Å²) in [7, 11) is 0. The van der Waals surface area contributed by atoms with E-state index in [0.29, 0.717) is 18.6 Å². The zero-order valence-electron chi connectivity index (χ0n) is 16.5. The zero-order chi connectivity index (χ0) is 19.4. The predicted octanol–water partition coefficient (Wildman–Crippen LogP) is 3.28. The van der Waals surface area contributed by atoms with Gasteiger partial charge in [0.25, 0.3) is 0 Å². The van der Waals surface area contributed by atoms with Gasteiger partial charge in [-0.05, 0) is 69.2 Å². The van der Waals surface area contributed by atoms with Crippen LogP contribution in [0, 0.1) is 0 Å². The average molecular weight is 329 g/mol. The van der Waals surface area contributed by atoms with Crippen molar-refractivity contribution in [3.05, 3.63) is 0 Å². The van der Waals surface area contributed by atoms with E-state index in [9.17, 15) is 19.2 Å². The monoisotopic (exact) mass is 329 g/mol. The van der Waals surface area contributed by atoms with Gasteiger partial charge in [-0.25, -0.2) is 0 Å². The van der Waals surface area contributed by atoms with Crippen molar-refractivity contribution in [1.82, 2.24) is 5.32 Å². The molecule has 1 heterocycles. The van der Waals surface area contributed by atoms with E-state index in [4.69, 9.17) is 0 Å². The Hall–Kier alpha value is -1.36. The van der Waals surface area contributed by atoms with Crippen LogP contribution in [0.4, 0.5) is 0 Å². The molecule has 1 fully saturated rings. The van der Waals surface area contributed by atoms with Crippen LogP contribution in [0.3, 0.4) is 0 Å². The Morgan fingerprint density at radius 3 is 1.00 bits per heavy atom. The fraction of sp³-hybridized carbons (Fsp3) is 0.778. The third-order valence-corrected chi connectivity index (χ3v) is 1.95. The van der Waals surface area contributed by atoms with Crippen molar-refractivity contribution in [3.63, 3.8) is 0 Å². The van der Waals surface area contributed by atoms with Crippen LogP contribution in [0.1, 0.15) is 82.1 Å². The standard InChI is InChI=1S/C9H17NO.3C3H6O/c1-8(2)5-7(11)6-9(3,4)10-8;3*1-3(2)4/h10H,5-6H2,1-4H3;3*1-2H3. The van der Waals surface area contributed by atoms with Crippen molar-refractivity contribution in [1.29, 1.82) is 0 Å². The second-order valence-corrected chi connectivity index (χ2v) is 7.51. The molecule has 1 saturated heterocycles. The van der Waals surface area contributed by atoms with Crippen LogP contribution >= 0.6 is 0 Å². The second-order valence-electron chi connectivity index (χ2n) is 7.51. The van der Waals surface area contributed by atoms with Crippen LogP contribution in [0.5, 0.6) is 0 Å². The SMILES string of the molecule is CC(C)=O.CC(C)=O.CC(C)=O.CC1(C)CC(=O)CC(C)(C)N1. The van der Waals surface area contributed by atoms with E-state index in [1.165, 1.54) is 41.5 Å². The van der Waals surface area contributed by atoms with Crippen molar-refractivity contribution >= 4 is 23.1 Å². The molecule has 1 N–H and O–H groups in total. The van der Waals surface area contributed by atoms with E-state index in [-0.39, 0.29) is 28.4 Å². The highest BCUT2D eigenvalue weighted by Gasteiger charge is 2.36. The molecule has 5 heteroatoms. The molecule has 0 unspecified atom stereocenters. The van der Waals surface area contributed by atoms with Crippen molar-refractivity contribution in [2.24, 2.45) is 0 Å². The van der Waals surface area contributed by atoms with Crippen LogP contribution < -0.4 is 5.32 Å². The van der Waals surface area contributed by atoms with Crippen LogP contribution in [-0.2, 0) is 19.2 Å². The Morgan fingerprint density at radius 1 is 0.696 bits per heavy atom. The fourth-order valence-corrected chi connectivity index (χ4v) is 2.05. The Labute approximate surface area is 141 Å². The number of Topliss-reactive ketones (excluding diaryl/α,β-unsaturated/α-hetero) is 4. The number of piperidine rings is 1. The van der Waals surface area contributed by atoms with Crippen LogP contribution in [0.15, 0.2) is 0 Å². The van der Waals surface area contributed by atoms with Gasteiger partial charge in [-0.3, -0.25) is 4.79 Å². The van der Waals surface area contributed by atoms with E-state index in [1.807, 2.05) is 0 Å². The summed E-state index contributed by atoms with van der Waals surface area (Å²) in [5, 5.41) is 3.44. The first-order valence-corrected chi connectivity index (χ1v) is 7.73. The van der Waals surface area contributed by atoms with Crippen LogP contribution in [-0.4, -0.2) is 34.2 Å². The molecule has 0 aromatic heterocycles. The maximum atomic E-state index is 11.3. The van der Waals surface area contributed by atoms with Crippen LogP contribution in [0.25, 0.3) is 0 Å². The fourth-order valence-electron chi connectivity index (χ4n) is 2.05. The molecule has 5 nitrogen and oxygen atoms in total. The first-order chi connectivity index (χ1) is 10.0. The lowest BCUT2D eigenvalue weighted by atomic mass is 9.82. The van der Waals surface area contributed by atoms with E-state index in [2.05, 4.69) is 33.0 Å². The van der Waals surface area contributed by atoms with Gasteiger partial charge in [-0.2, -0.15) is 0 Å². The van der Waals surface area contributed by atoms with E-state index in [0.717, 1.165) is 0 Å². The minimum absolute atomic E-state index is 0.0150. The third-order valence-electron chi connectivity index (χ3n) is 1.95. The van der Waals surface area contributed by atoms with E-state index >= 15 is 0 Å². The molecule has 136 valence electrons. The lowest BCUT2D eigenvalue weighted by molar-refractivity contribution is -0.124. The van der Waals surface area contributed by atoms with E-state index < -0.39 is 0 Å². The molecule has 0 radical (unpaired) electrons. The molecule has 23 heavy (non-hydrogen) atoms. The average Bonchev–Trinajstić information content (AvgIpc) is 2.05. The summed E-state index contributed by atoms with van der Waals surface area (Å²) in [5.74, 6) is 0.874. The summed E-state index contributed by atoms with van der Waals surface area (Å²) < 4.78 is 0. The van der Waals surface area contributed by atoms with E-state index in [1.54, 1.807) is 0 Å². The maximum Gasteiger partial charge on any atom is 0.136 e. The van der Waals surface area contributed by atoms with Crippen molar-refractivity contribution < 1.29 is 19.2 Å². The highest BCUT2D eigenvalue weighted by molar-refractivity contribution is 5.81. The van der Waals surface area contributed by atoms with Gasteiger partial charge in [0, 0.05) is 23.9 Å². The molecule has 0 aromatic carbocycles. The number of rotatable bonds is 0. The van der Waals surface area contributed by atoms with Gasteiger partial charge in [0.15, 0.2) is 0 Å². The Bertz CT molecular complexity index is 351. The summed E-state index contributed by atoms with van der Waals surface area (Å²) in [5.41, 5.74) is -0.0301. The van der Waals surface area contributed by atoms with Crippen molar-refractivity contribution in [2.75, 3.05) is 0 Å². The Balaban J connectivity index is -0.000000278. The summed E-state index contributed by atoms with van der Waals surface area (Å²) in [6.45, 7) is 17.5. The normalized spacial score (nSPS) is 17.0. The Kier molecular flexibility index (Phi) is 14.0. The predicted molar refractivity (Wildman–Crippen MR) is 94.6 cm³/mol. The molecule has 0 atom stereocenters. The van der Waals surface area contributed by atoms with Crippen molar-refractivity contribution in [2.45, 2.75) is 93.2 Å². The molecular weight excluding hydrogens is 294 g/mol. The van der Waals surface area contributed by atoms with Gasteiger partial charge in [-0.15, -0.1) is 0 Å². The number of hydrogen-bond acceptors (Lipinski definition) is 5. The first-order valence-electron chi connectivity index (χ1n) is 7.73. The van der Waals surface area contributed by atoms with Crippen molar-refractivity contribution in [3.8, 4) is 0 Å². The van der Waals surface area contributed by atoms with Gasteiger partial charge < -0.3 is 19.7 Å². The number of carbonyl (C=O) groups excluding carboxylic acids is 4. The molecule has 1 aliphatic heterocycles. The lowest BCUT2D eigenvalue weighted by Crippen LogP contribution is -2.58. The second kappa shape index (κ2) is 12.1. The molecule has 0 amide bonds. The minimum atomic E-state index is -0.0150. The zero-order valence-corrected chi connectivity index (χ0v) is 16.5. The summed E-state index contributed by atoms with van der Waals surface area (Å²) >= 11 is 0. The number of carbonyl (C=O) groups is 4. The summed E-state index contributed by atoms with van der Waals surface area (Å²) in [6.07, 6.45) is 1.33. The van der Waals surface area contributed by atoms with Gasteiger partial charge in [0.05, 0.1) is 0 Å². The number of hydrogen-bond donors (Lipinski definition) is 1. The smallest absolute Gasteiger partial charge is 0.136 e. The third kappa shape index (κ3) is 33.5. The molecule has 0 aliphatic carbocycles. The summed E-state index contributed by atoms with van der Waals surface area (Å²) in [6, 6.07) is 0. The summed E-state index contributed by atoms with van der Waals surface area (Å²) in [4.78, 5) is 39.6. The maximum absolute atomic E-state index is 11.3. The van der Waals surface area contributed by atoms with Gasteiger partial charge in [0.2, 0.25) is 0 Å². The highest BCUT2D eigenvalue weighted by Crippen LogP contribution is 2.25. The van der Waals surface area contributed by atoms with Crippen LogP contribution in [0.2, 0.25) is 0 Å². The van der Waals surface area contributed by atoms with Gasteiger partial charge >= 0.3 is 0 Å². The molecule has 0 spiro atoms. The quantitative estimate of drug-likeness (QED) is 0.737. The topological polar surface area (TPSA) is 80.3 Å². The number of ketones is 4. The highest BCUT2D eigenvalue weighted by atomic mass is 16.1.